The quantitative estimate of drug-likeness (QED) is 0.882. The van der Waals surface area contributed by atoms with Gasteiger partial charge in [-0.15, -0.1) is 0 Å². The summed E-state index contributed by atoms with van der Waals surface area (Å²) >= 11 is 0. The Morgan fingerprint density at radius 3 is 2.70 bits per heavy atom. The predicted molar refractivity (Wildman–Crippen MR) is 83.7 cm³/mol. The van der Waals surface area contributed by atoms with Crippen LogP contribution in [-0.4, -0.2) is 11.9 Å². The molecule has 1 aliphatic rings. The largest absolute Gasteiger partial charge is 0.324 e. The Kier molecular flexibility index (Phi) is 5.18. The Labute approximate surface area is 121 Å². The predicted octanol–water partition coefficient (Wildman–Crippen LogP) is 3.54. The average molecular weight is 274 g/mol. The number of amides is 1. The molecule has 1 amide bonds. The van der Waals surface area contributed by atoms with Crippen LogP contribution in [0.3, 0.4) is 0 Å². The zero-order valence-electron chi connectivity index (χ0n) is 12.6. The molecule has 1 aromatic rings. The van der Waals surface area contributed by atoms with Crippen molar-refractivity contribution in [2.75, 3.05) is 5.32 Å². The van der Waals surface area contributed by atoms with Gasteiger partial charge in [0.15, 0.2) is 0 Å². The van der Waals surface area contributed by atoms with Crippen LogP contribution in [-0.2, 0) is 4.79 Å². The van der Waals surface area contributed by atoms with Crippen molar-refractivity contribution in [1.82, 2.24) is 0 Å². The standard InChI is InChI=1S/C17H26N2O/c1-12-8-9-13(2)16(10-12)19-17(20)15(18)11-14-6-4-3-5-7-14/h8-10,14-15H,3-7,11,18H2,1-2H3,(H,19,20). The van der Waals surface area contributed by atoms with Crippen molar-refractivity contribution in [2.24, 2.45) is 11.7 Å². The van der Waals surface area contributed by atoms with E-state index in [9.17, 15) is 4.79 Å². The van der Waals surface area contributed by atoms with Crippen LogP contribution >= 0.6 is 0 Å². The highest BCUT2D eigenvalue weighted by Gasteiger charge is 2.21. The molecule has 3 heteroatoms. The Morgan fingerprint density at radius 2 is 2.00 bits per heavy atom. The number of carbonyl (C=O) groups excluding carboxylic acids is 1. The van der Waals surface area contributed by atoms with Crippen molar-refractivity contribution >= 4 is 11.6 Å². The number of anilines is 1. The molecule has 1 unspecified atom stereocenters. The second kappa shape index (κ2) is 6.89. The van der Waals surface area contributed by atoms with Crippen LogP contribution in [0.4, 0.5) is 5.69 Å². The van der Waals surface area contributed by atoms with E-state index in [1.165, 1.54) is 32.1 Å². The first kappa shape index (κ1) is 15.0. The molecule has 3 nitrogen and oxygen atoms in total. The molecule has 0 aromatic heterocycles. The highest BCUT2D eigenvalue weighted by Crippen LogP contribution is 2.27. The minimum absolute atomic E-state index is 0.0516. The van der Waals surface area contributed by atoms with Crippen LogP contribution < -0.4 is 11.1 Å². The van der Waals surface area contributed by atoms with E-state index in [4.69, 9.17) is 5.73 Å². The molecule has 1 aromatic carbocycles. The molecule has 1 fully saturated rings. The van der Waals surface area contributed by atoms with Crippen molar-refractivity contribution in [3.8, 4) is 0 Å². The molecule has 0 aliphatic heterocycles. The normalized spacial score (nSPS) is 17.8. The second-order valence-electron chi connectivity index (χ2n) is 6.15. The van der Waals surface area contributed by atoms with E-state index in [0.29, 0.717) is 5.92 Å². The Balaban J connectivity index is 1.91. The minimum atomic E-state index is -0.391. The molecule has 0 bridgehead atoms. The van der Waals surface area contributed by atoms with Gasteiger partial charge in [-0.05, 0) is 43.4 Å². The van der Waals surface area contributed by atoms with E-state index in [2.05, 4.69) is 5.32 Å². The second-order valence-corrected chi connectivity index (χ2v) is 6.15. The minimum Gasteiger partial charge on any atom is -0.324 e. The number of hydrogen-bond donors (Lipinski definition) is 2. The van der Waals surface area contributed by atoms with Crippen molar-refractivity contribution in [2.45, 2.75) is 58.4 Å². The molecular weight excluding hydrogens is 248 g/mol. The number of nitrogens with two attached hydrogens (primary N) is 1. The van der Waals surface area contributed by atoms with E-state index in [1.807, 2.05) is 32.0 Å². The summed E-state index contributed by atoms with van der Waals surface area (Å²) in [6.45, 7) is 4.03. The molecule has 0 heterocycles. The fraction of sp³-hybridized carbons (Fsp3) is 0.588. The van der Waals surface area contributed by atoms with Crippen LogP contribution in [0.5, 0.6) is 0 Å². The van der Waals surface area contributed by atoms with Gasteiger partial charge in [-0.1, -0.05) is 44.2 Å². The summed E-state index contributed by atoms with van der Waals surface area (Å²) < 4.78 is 0. The van der Waals surface area contributed by atoms with Gasteiger partial charge in [-0.3, -0.25) is 4.79 Å². The van der Waals surface area contributed by atoms with E-state index >= 15 is 0 Å². The maximum absolute atomic E-state index is 12.2. The Bertz CT molecular complexity index is 464. The number of hydrogen-bond acceptors (Lipinski definition) is 2. The van der Waals surface area contributed by atoms with Crippen LogP contribution in [0.15, 0.2) is 18.2 Å². The molecular formula is C17H26N2O. The van der Waals surface area contributed by atoms with Crippen LogP contribution in [0.25, 0.3) is 0 Å². The number of aryl methyl sites for hydroxylation is 2. The van der Waals surface area contributed by atoms with E-state index in [-0.39, 0.29) is 5.91 Å². The zero-order valence-corrected chi connectivity index (χ0v) is 12.6. The van der Waals surface area contributed by atoms with Gasteiger partial charge in [-0.25, -0.2) is 0 Å². The highest BCUT2D eigenvalue weighted by molar-refractivity contribution is 5.95. The fourth-order valence-electron chi connectivity index (χ4n) is 2.98. The first-order valence-corrected chi connectivity index (χ1v) is 7.70. The molecule has 0 spiro atoms. The van der Waals surface area contributed by atoms with Gasteiger partial charge in [0.25, 0.3) is 0 Å². The summed E-state index contributed by atoms with van der Waals surface area (Å²) in [6, 6.07) is 5.68. The maximum Gasteiger partial charge on any atom is 0.241 e. The topological polar surface area (TPSA) is 55.1 Å². The lowest BCUT2D eigenvalue weighted by Gasteiger charge is -2.24. The molecule has 20 heavy (non-hydrogen) atoms. The van der Waals surface area contributed by atoms with Crippen LogP contribution in [0, 0.1) is 19.8 Å². The molecule has 0 saturated heterocycles. The monoisotopic (exact) mass is 274 g/mol. The molecule has 1 aliphatic carbocycles. The highest BCUT2D eigenvalue weighted by atomic mass is 16.2. The van der Waals surface area contributed by atoms with Gasteiger partial charge >= 0.3 is 0 Å². The van der Waals surface area contributed by atoms with Crippen molar-refractivity contribution in [1.29, 1.82) is 0 Å². The van der Waals surface area contributed by atoms with Crippen molar-refractivity contribution < 1.29 is 4.79 Å². The number of rotatable bonds is 4. The summed E-state index contributed by atoms with van der Waals surface area (Å²) in [5.74, 6) is 0.576. The van der Waals surface area contributed by atoms with Crippen LogP contribution in [0.2, 0.25) is 0 Å². The Morgan fingerprint density at radius 1 is 1.30 bits per heavy atom. The van der Waals surface area contributed by atoms with Crippen molar-refractivity contribution in [3.05, 3.63) is 29.3 Å². The van der Waals surface area contributed by atoms with E-state index in [1.54, 1.807) is 0 Å². The first-order chi connectivity index (χ1) is 9.56. The molecule has 110 valence electrons. The summed E-state index contributed by atoms with van der Waals surface area (Å²) in [4.78, 5) is 12.2. The lowest BCUT2D eigenvalue weighted by Crippen LogP contribution is -2.37. The number of carbonyl (C=O) groups is 1. The molecule has 1 atom stereocenters. The lowest BCUT2D eigenvalue weighted by molar-refractivity contribution is -0.117. The number of benzene rings is 1. The molecule has 1 saturated carbocycles. The third kappa shape index (κ3) is 4.07. The Hall–Kier alpha value is -1.35. The van der Waals surface area contributed by atoms with E-state index in [0.717, 1.165) is 23.2 Å². The first-order valence-electron chi connectivity index (χ1n) is 7.70. The van der Waals surface area contributed by atoms with Crippen LogP contribution in [0.1, 0.15) is 49.7 Å². The lowest BCUT2D eigenvalue weighted by atomic mass is 9.85. The van der Waals surface area contributed by atoms with Gasteiger partial charge in [0.1, 0.15) is 0 Å². The summed E-state index contributed by atoms with van der Waals surface area (Å²) in [5.41, 5.74) is 9.18. The van der Waals surface area contributed by atoms with Gasteiger partial charge in [0, 0.05) is 5.69 Å². The smallest absolute Gasteiger partial charge is 0.241 e. The summed E-state index contributed by atoms with van der Waals surface area (Å²) in [6.07, 6.45) is 7.18. The van der Waals surface area contributed by atoms with Gasteiger partial charge in [0.05, 0.1) is 6.04 Å². The zero-order chi connectivity index (χ0) is 14.5. The molecule has 3 N–H and O–H groups in total. The average Bonchev–Trinajstić information content (AvgIpc) is 2.44. The van der Waals surface area contributed by atoms with E-state index < -0.39 is 6.04 Å². The number of nitrogens with one attached hydrogen (secondary N) is 1. The summed E-state index contributed by atoms with van der Waals surface area (Å²) in [7, 11) is 0. The SMILES string of the molecule is Cc1ccc(C)c(NC(=O)C(N)CC2CCCCC2)c1. The summed E-state index contributed by atoms with van der Waals surface area (Å²) in [5, 5.41) is 2.98. The fourth-order valence-corrected chi connectivity index (χ4v) is 2.98. The maximum atomic E-state index is 12.2. The van der Waals surface area contributed by atoms with Crippen molar-refractivity contribution in [3.63, 3.8) is 0 Å². The van der Waals surface area contributed by atoms with Gasteiger partial charge in [-0.2, -0.15) is 0 Å². The van der Waals surface area contributed by atoms with Gasteiger partial charge in [0.2, 0.25) is 5.91 Å². The molecule has 2 rings (SSSR count). The third-order valence-corrected chi connectivity index (χ3v) is 4.30. The van der Waals surface area contributed by atoms with Gasteiger partial charge < -0.3 is 11.1 Å². The third-order valence-electron chi connectivity index (χ3n) is 4.30. The molecule has 0 radical (unpaired) electrons.